The molecule has 0 aromatic heterocycles. The van der Waals surface area contributed by atoms with E-state index >= 15 is 0 Å². The van der Waals surface area contributed by atoms with Crippen LogP contribution in [0.15, 0.2) is 42.5 Å². The van der Waals surface area contributed by atoms with Crippen molar-refractivity contribution in [3.05, 3.63) is 58.9 Å². The lowest BCUT2D eigenvalue weighted by Crippen LogP contribution is -2.11. The summed E-state index contributed by atoms with van der Waals surface area (Å²) in [7, 11) is 1.77. The molecule has 0 aliphatic carbocycles. The van der Waals surface area contributed by atoms with E-state index < -0.39 is 6.10 Å². The average Bonchev–Trinajstić information content (AvgIpc) is 2.38. The number of aliphatic hydroxyl groups excluding tert-OH is 1. The van der Waals surface area contributed by atoms with Gasteiger partial charge in [0.15, 0.2) is 0 Å². The number of hydrogen-bond donors (Lipinski definition) is 1. The molecule has 100 valence electrons. The molecule has 0 heterocycles. The first-order chi connectivity index (χ1) is 9.00. The maximum Gasteiger partial charge on any atom is 0.146 e. The molecule has 0 saturated heterocycles. The molecular formula is C15H15ClFNO. The summed E-state index contributed by atoms with van der Waals surface area (Å²) >= 11 is 6.12. The Bertz CT molecular complexity index is 586. The van der Waals surface area contributed by atoms with Crippen LogP contribution in [0.4, 0.5) is 15.8 Å². The molecule has 0 amide bonds. The van der Waals surface area contributed by atoms with Gasteiger partial charge in [-0.2, -0.15) is 0 Å². The Hall–Kier alpha value is -1.58. The van der Waals surface area contributed by atoms with Crippen molar-refractivity contribution in [2.24, 2.45) is 0 Å². The van der Waals surface area contributed by atoms with Crippen LogP contribution in [0, 0.1) is 5.82 Å². The Morgan fingerprint density at radius 1 is 1.21 bits per heavy atom. The predicted molar refractivity (Wildman–Crippen MR) is 76.5 cm³/mol. The molecular weight excluding hydrogens is 265 g/mol. The topological polar surface area (TPSA) is 23.5 Å². The lowest BCUT2D eigenvalue weighted by atomic mass is 10.1. The molecule has 19 heavy (non-hydrogen) atoms. The van der Waals surface area contributed by atoms with Crippen molar-refractivity contribution >= 4 is 23.0 Å². The summed E-state index contributed by atoms with van der Waals surface area (Å²) < 4.78 is 13.7. The second-order valence-electron chi connectivity index (χ2n) is 4.39. The Morgan fingerprint density at radius 3 is 2.47 bits per heavy atom. The molecule has 2 aromatic carbocycles. The standard InChI is InChI=1S/C15H15ClFNO/c1-10(19)12-8-7-11(9-13(12)16)18(2)15-6-4-3-5-14(15)17/h3-10,19H,1-2H3. The van der Waals surface area contributed by atoms with E-state index in [4.69, 9.17) is 11.6 Å². The van der Waals surface area contributed by atoms with E-state index in [2.05, 4.69) is 0 Å². The zero-order valence-corrected chi connectivity index (χ0v) is 11.5. The lowest BCUT2D eigenvalue weighted by molar-refractivity contribution is 0.199. The van der Waals surface area contributed by atoms with Gasteiger partial charge in [0, 0.05) is 17.8 Å². The van der Waals surface area contributed by atoms with E-state index in [0.29, 0.717) is 16.3 Å². The molecule has 0 bridgehead atoms. The molecule has 1 atom stereocenters. The number of benzene rings is 2. The van der Waals surface area contributed by atoms with Gasteiger partial charge >= 0.3 is 0 Å². The van der Waals surface area contributed by atoms with E-state index in [1.807, 2.05) is 0 Å². The monoisotopic (exact) mass is 279 g/mol. The third kappa shape index (κ3) is 2.88. The van der Waals surface area contributed by atoms with Crippen LogP contribution < -0.4 is 4.90 Å². The first-order valence-electron chi connectivity index (χ1n) is 5.96. The molecule has 0 radical (unpaired) electrons. The zero-order chi connectivity index (χ0) is 14.0. The minimum atomic E-state index is -0.625. The van der Waals surface area contributed by atoms with Crippen LogP contribution in [0.2, 0.25) is 5.02 Å². The van der Waals surface area contributed by atoms with Crippen molar-refractivity contribution in [2.45, 2.75) is 13.0 Å². The molecule has 0 aliphatic rings. The Balaban J connectivity index is 2.38. The van der Waals surface area contributed by atoms with E-state index in [9.17, 15) is 9.50 Å². The van der Waals surface area contributed by atoms with Gasteiger partial charge in [-0.05, 0) is 36.8 Å². The summed E-state index contributed by atoms with van der Waals surface area (Å²) in [6.45, 7) is 1.65. The highest BCUT2D eigenvalue weighted by Gasteiger charge is 2.12. The number of nitrogens with zero attached hydrogens (tertiary/aromatic N) is 1. The van der Waals surface area contributed by atoms with Gasteiger partial charge in [0.2, 0.25) is 0 Å². The van der Waals surface area contributed by atoms with Gasteiger partial charge in [-0.1, -0.05) is 29.8 Å². The maximum absolute atomic E-state index is 13.7. The highest BCUT2D eigenvalue weighted by molar-refractivity contribution is 6.31. The van der Waals surface area contributed by atoms with Crippen LogP contribution in [-0.2, 0) is 0 Å². The minimum Gasteiger partial charge on any atom is -0.389 e. The SMILES string of the molecule is CC(O)c1ccc(N(C)c2ccccc2F)cc1Cl. The normalized spacial score (nSPS) is 12.3. The number of rotatable bonds is 3. The van der Waals surface area contributed by atoms with Crippen LogP contribution in [-0.4, -0.2) is 12.2 Å². The summed E-state index contributed by atoms with van der Waals surface area (Å²) in [5.74, 6) is -0.291. The number of para-hydroxylation sites is 1. The number of halogens is 2. The molecule has 4 heteroatoms. The Kier molecular flexibility index (Phi) is 4.08. The second-order valence-corrected chi connectivity index (χ2v) is 4.80. The molecule has 2 nitrogen and oxygen atoms in total. The summed E-state index contributed by atoms with van der Waals surface area (Å²) in [5.41, 5.74) is 1.90. The van der Waals surface area contributed by atoms with Crippen molar-refractivity contribution in [2.75, 3.05) is 11.9 Å². The van der Waals surface area contributed by atoms with E-state index in [1.54, 1.807) is 55.3 Å². The maximum atomic E-state index is 13.7. The Labute approximate surface area is 117 Å². The second kappa shape index (κ2) is 5.59. The summed E-state index contributed by atoms with van der Waals surface area (Å²) in [5, 5.41) is 10.0. The van der Waals surface area contributed by atoms with Crippen molar-refractivity contribution < 1.29 is 9.50 Å². The molecule has 0 saturated carbocycles. The molecule has 2 aromatic rings. The molecule has 0 aliphatic heterocycles. The van der Waals surface area contributed by atoms with Gasteiger partial charge in [0.05, 0.1) is 11.8 Å². The van der Waals surface area contributed by atoms with Crippen LogP contribution in [0.1, 0.15) is 18.6 Å². The van der Waals surface area contributed by atoms with Crippen molar-refractivity contribution in [3.8, 4) is 0 Å². The number of aliphatic hydroxyl groups is 1. The van der Waals surface area contributed by atoms with Gasteiger partial charge in [-0.15, -0.1) is 0 Å². The fourth-order valence-corrected chi connectivity index (χ4v) is 2.26. The summed E-state index contributed by atoms with van der Waals surface area (Å²) in [4.78, 5) is 1.72. The molecule has 2 rings (SSSR count). The van der Waals surface area contributed by atoms with Crippen molar-refractivity contribution in [3.63, 3.8) is 0 Å². The van der Waals surface area contributed by atoms with Gasteiger partial charge in [-0.3, -0.25) is 0 Å². The first kappa shape index (κ1) is 13.8. The van der Waals surface area contributed by atoms with Gasteiger partial charge in [-0.25, -0.2) is 4.39 Å². The van der Waals surface area contributed by atoms with E-state index in [1.165, 1.54) is 6.07 Å². The molecule has 1 N–H and O–H groups in total. The van der Waals surface area contributed by atoms with Crippen molar-refractivity contribution in [1.82, 2.24) is 0 Å². The van der Waals surface area contributed by atoms with E-state index in [0.717, 1.165) is 5.69 Å². The third-order valence-corrected chi connectivity index (χ3v) is 3.36. The predicted octanol–water partition coefficient (Wildman–Crippen LogP) is 4.30. The van der Waals surface area contributed by atoms with Gasteiger partial charge < -0.3 is 10.0 Å². The first-order valence-corrected chi connectivity index (χ1v) is 6.34. The quantitative estimate of drug-likeness (QED) is 0.905. The van der Waals surface area contributed by atoms with E-state index in [-0.39, 0.29) is 5.82 Å². The molecule has 0 spiro atoms. The average molecular weight is 280 g/mol. The van der Waals surface area contributed by atoms with Crippen LogP contribution in [0.3, 0.4) is 0 Å². The zero-order valence-electron chi connectivity index (χ0n) is 10.8. The summed E-state index contributed by atoms with van der Waals surface area (Å²) in [6.07, 6.45) is -0.625. The van der Waals surface area contributed by atoms with Gasteiger partial charge in [0.1, 0.15) is 5.82 Å². The van der Waals surface area contributed by atoms with Crippen molar-refractivity contribution in [1.29, 1.82) is 0 Å². The smallest absolute Gasteiger partial charge is 0.146 e. The Morgan fingerprint density at radius 2 is 1.89 bits per heavy atom. The summed E-state index contributed by atoms with van der Waals surface area (Å²) in [6, 6.07) is 11.8. The number of anilines is 2. The van der Waals surface area contributed by atoms with Crippen LogP contribution in [0.5, 0.6) is 0 Å². The minimum absolute atomic E-state index is 0.291. The van der Waals surface area contributed by atoms with Crippen LogP contribution >= 0.6 is 11.6 Å². The molecule has 0 fully saturated rings. The highest BCUT2D eigenvalue weighted by Crippen LogP contribution is 2.31. The fourth-order valence-electron chi connectivity index (χ4n) is 1.93. The number of hydrogen-bond acceptors (Lipinski definition) is 2. The largest absolute Gasteiger partial charge is 0.389 e. The lowest BCUT2D eigenvalue weighted by Gasteiger charge is -2.21. The highest BCUT2D eigenvalue weighted by atomic mass is 35.5. The molecule has 1 unspecified atom stereocenters. The van der Waals surface area contributed by atoms with Gasteiger partial charge in [0.25, 0.3) is 0 Å². The van der Waals surface area contributed by atoms with Crippen LogP contribution in [0.25, 0.3) is 0 Å². The fraction of sp³-hybridized carbons (Fsp3) is 0.200. The third-order valence-electron chi connectivity index (χ3n) is 3.04.